The quantitative estimate of drug-likeness (QED) is 0.477. The first kappa shape index (κ1) is 11.9. The van der Waals surface area contributed by atoms with Crippen LogP contribution in [-0.2, 0) is 11.5 Å². The number of alkyl halides is 4. The molecule has 0 aliphatic heterocycles. The normalized spacial score (nSPS) is 11.5. The molecule has 82 valence electrons. The summed E-state index contributed by atoms with van der Waals surface area (Å²) in [5, 5.41) is 10.4. The van der Waals surface area contributed by atoms with Gasteiger partial charge in [-0.25, -0.2) is 0 Å². The van der Waals surface area contributed by atoms with Crippen LogP contribution in [0.5, 0.6) is 0 Å². The predicted molar refractivity (Wildman–Crippen MR) is 48.5 cm³/mol. The smallest absolute Gasteiger partial charge is 0.263 e. The van der Waals surface area contributed by atoms with Crippen LogP contribution in [0.25, 0.3) is 0 Å². The van der Waals surface area contributed by atoms with Crippen molar-refractivity contribution in [3.05, 3.63) is 33.6 Å². The minimum absolute atomic E-state index is 0.0553. The number of hydrogen-bond acceptors (Lipinski definition) is 3. The lowest BCUT2D eigenvalue weighted by Crippen LogP contribution is -2.11. The highest BCUT2D eigenvalue weighted by Crippen LogP contribution is 2.37. The molecule has 0 aliphatic rings. The van der Waals surface area contributed by atoms with Crippen LogP contribution in [0, 0.1) is 10.1 Å². The molecule has 0 radical (unpaired) electrons. The van der Waals surface area contributed by atoms with Crippen molar-refractivity contribution in [2.24, 2.45) is 0 Å². The lowest BCUT2D eigenvalue weighted by Gasteiger charge is -2.08. The Morgan fingerprint density at radius 1 is 1.47 bits per heavy atom. The maximum Gasteiger partial charge on any atom is 0.424 e. The third-order valence-corrected chi connectivity index (χ3v) is 2.23. The van der Waals surface area contributed by atoms with Crippen LogP contribution >= 0.6 is 15.9 Å². The zero-order chi connectivity index (χ0) is 11.6. The largest absolute Gasteiger partial charge is 0.424 e. The summed E-state index contributed by atoms with van der Waals surface area (Å²) >= 11 is 2.87. The fraction of sp³-hybridized carbons (Fsp3) is 0.286. The fourth-order valence-electron chi connectivity index (χ4n) is 1.02. The van der Waals surface area contributed by atoms with E-state index in [1.54, 1.807) is 0 Å². The standard InChI is InChI=1S/C7H4BrF3N2O2/c8-1-4-2-12-3-5(7(9,10)11)6(4)13(14)15/h2-3H,1H2. The fourth-order valence-corrected chi connectivity index (χ4v) is 1.43. The van der Waals surface area contributed by atoms with Gasteiger partial charge in [0, 0.05) is 17.7 Å². The Morgan fingerprint density at radius 2 is 2.07 bits per heavy atom. The maximum atomic E-state index is 12.4. The lowest BCUT2D eigenvalue weighted by molar-refractivity contribution is -0.388. The maximum absolute atomic E-state index is 12.4. The molecule has 0 amide bonds. The monoisotopic (exact) mass is 284 g/mol. The van der Waals surface area contributed by atoms with Crippen LogP contribution < -0.4 is 0 Å². The Labute approximate surface area is 90.4 Å². The second-order valence-corrected chi connectivity index (χ2v) is 3.14. The van der Waals surface area contributed by atoms with E-state index in [2.05, 4.69) is 20.9 Å². The van der Waals surface area contributed by atoms with Crippen molar-refractivity contribution in [1.82, 2.24) is 4.98 Å². The third kappa shape index (κ3) is 2.44. The molecule has 0 atom stereocenters. The summed E-state index contributed by atoms with van der Waals surface area (Å²) < 4.78 is 37.1. The second-order valence-electron chi connectivity index (χ2n) is 2.58. The average Bonchev–Trinajstić information content (AvgIpc) is 2.15. The summed E-state index contributed by atoms with van der Waals surface area (Å²) in [4.78, 5) is 12.8. The highest BCUT2D eigenvalue weighted by Gasteiger charge is 2.40. The van der Waals surface area contributed by atoms with Crippen molar-refractivity contribution in [3.8, 4) is 0 Å². The molecule has 0 saturated heterocycles. The minimum Gasteiger partial charge on any atom is -0.263 e. The number of aromatic nitrogens is 1. The lowest BCUT2D eigenvalue weighted by atomic mass is 10.1. The molecule has 1 aromatic rings. The SMILES string of the molecule is O=[N+]([O-])c1c(CBr)cncc1C(F)(F)F. The van der Waals surface area contributed by atoms with Gasteiger partial charge in [-0.05, 0) is 0 Å². The van der Waals surface area contributed by atoms with E-state index in [9.17, 15) is 23.3 Å². The van der Waals surface area contributed by atoms with Crippen LogP contribution in [0.2, 0.25) is 0 Å². The first-order valence-corrected chi connectivity index (χ1v) is 4.74. The molecule has 0 fully saturated rings. The van der Waals surface area contributed by atoms with Gasteiger partial charge in [0.2, 0.25) is 0 Å². The van der Waals surface area contributed by atoms with Gasteiger partial charge in [0.05, 0.1) is 10.5 Å². The Balaban J connectivity index is 3.46. The van der Waals surface area contributed by atoms with E-state index in [4.69, 9.17) is 0 Å². The first-order valence-electron chi connectivity index (χ1n) is 3.62. The predicted octanol–water partition coefficient (Wildman–Crippen LogP) is 2.90. The molecule has 0 saturated carbocycles. The number of rotatable bonds is 2. The molecule has 4 nitrogen and oxygen atoms in total. The van der Waals surface area contributed by atoms with E-state index < -0.39 is 22.4 Å². The van der Waals surface area contributed by atoms with E-state index in [0.29, 0.717) is 6.20 Å². The van der Waals surface area contributed by atoms with Crippen LogP contribution in [0.3, 0.4) is 0 Å². The molecular formula is C7H4BrF3N2O2. The van der Waals surface area contributed by atoms with Gasteiger partial charge < -0.3 is 0 Å². The van der Waals surface area contributed by atoms with E-state index in [1.807, 2.05) is 0 Å². The van der Waals surface area contributed by atoms with Crippen LogP contribution in [0.1, 0.15) is 11.1 Å². The molecule has 0 aromatic carbocycles. The molecule has 0 unspecified atom stereocenters. The van der Waals surface area contributed by atoms with Crippen LogP contribution in [0.15, 0.2) is 12.4 Å². The van der Waals surface area contributed by atoms with Gasteiger partial charge in [-0.1, -0.05) is 15.9 Å². The molecule has 0 N–H and O–H groups in total. The van der Waals surface area contributed by atoms with Crippen molar-refractivity contribution < 1.29 is 18.1 Å². The summed E-state index contributed by atoms with van der Waals surface area (Å²) in [5.41, 5.74) is -2.38. The number of hydrogen-bond donors (Lipinski definition) is 0. The average molecular weight is 285 g/mol. The van der Waals surface area contributed by atoms with Gasteiger partial charge in [-0.2, -0.15) is 13.2 Å². The molecule has 0 aliphatic carbocycles. The molecule has 8 heteroatoms. The van der Waals surface area contributed by atoms with E-state index in [0.717, 1.165) is 6.20 Å². The van der Waals surface area contributed by atoms with E-state index >= 15 is 0 Å². The Morgan fingerprint density at radius 3 is 2.47 bits per heavy atom. The van der Waals surface area contributed by atoms with Crippen LogP contribution in [-0.4, -0.2) is 9.91 Å². The van der Waals surface area contributed by atoms with E-state index in [1.165, 1.54) is 0 Å². The molecule has 1 heterocycles. The van der Waals surface area contributed by atoms with Gasteiger partial charge in [-0.15, -0.1) is 0 Å². The third-order valence-electron chi connectivity index (χ3n) is 1.63. The number of halogens is 4. The summed E-state index contributed by atoms with van der Waals surface area (Å²) in [7, 11) is 0. The minimum atomic E-state index is -4.77. The van der Waals surface area contributed by atoms with Crippen molar-refractivity contribution in [2.75, 3.05) is 0 Å². The first-order chi connectivity index (χ1) is 6.88. The molecule has 0 bridgehead atoms. The van der Waals surface area contributed by atoms with Crippen molar-refractivity contribution >= 4 is 21.6 Å². The van der Waals surface area contributed by atoms with Gasteiger partial charge in [0.1, 0.15) is 0 Å². The zero-order valence-electron chi connectivity index (χ0n) is 7.08. The van der Waals surface area contributed by atoms with Gasteiger partial charge in [-0.3, -0.25) is 15.1 Å². The highest BCUT2D eigenvalue weighted by atomic mass is 79.9. The van der Waals surface area contributed by atoms with E-state index in [-0.39, 0.29) is 10.9 Å². The number of pyridine rings is 1. The molecule has 0 spiro atoms. The zero-order valence-corrected chi connectivity index (χ0v) is 8.67. The number of nitro groups is 1. The molecule has 15 heavy (non-hydrogen) atoms. The van der Waals surface area contributed by atoms with Crippen molar-refractivity contribution in [2.45, 2.75) is 11.5 Å². The Hall–Kier alpha value is -1.18. The summed E-state index contributed by atoms with van der Waals surface area (Å²) in [6.07, 6.45) is -3.29. The van der Waals surface area contributed by atoms with Crippen LogP contribution in [0.4, 0.5) is 18.9 Å². The summed E-state index contributed by atoms with van der Waals surface area (Å²) in [5.74, 6) is 0. The van der Waals surface area contributed by atoms with Gasteiger partial charge >= 0.3 is 6.18 Å². The highest BCUT2D eigenvalue weighted by molar-refractivity contribution is 9.08. The molecular weight excluding hydrogens is 281 g/mol. The van der Waals surface area contributed by atoms with Crippen molar-refractivity contribution in [3.63, 3.8) is 0 Å². The van der Waals surface area contributed by atoms with Crippen molar-refractivity contribution in [1.29, 1.82) is 0 Å². The molecule has 1 rings (SSSR count). The summed E-state index contributed by atoms with van der Waals surface area (Å²) in [6, 6.07) is 0. The second kappa shape index (κ2) is 4.13. The molecule has 1 aromatic heterocycles. The number of nitrogens with zero attached hydrogens (tertiary/aromatic N) is 2. The Kier molecular flexibility index (Phi) is 3.28. The van der Waals surface area contributed by atoms with Gasteiger partial charge in [0.15, 0.2) is 5.56 Å². The Bertz CT molecular complexity index is 394. The van der Waals surface area contributed by atoms with Gasteiger partial charge in [0.25, 0.3) is 5.69 Å². The topological polar surface area (TPSA) is 56.0 Å². The summed E-state index contributed by atoms with van der Waals surface area (Å²) in [6.45, 7) is 0.